The van der Waals surface area contributed by atoms with E-state index >= 15 is 0 Å². The summed E-state index contributed by atoms with van der Waals surface area (Å²) in [6, 6.07) is 5.14. The van der Waals surface area contributed by atoms with E-state index in [4.69, 9.17) is 16.3 Å². The first-order valence-corrected chi connectivity index (χ1v) is 6.23. The normalized spacial score (nSPS) is 17.9. The van der Waals surface area contributed by atoms with E-state index in [-0.39, 0.29) is 11.7 Å². The standard InChI is InChI=1S/C13H11ClN2O3/c1-7(9-4-5-19-12(9)17)16-11-3-2-8(14)6-10(11)15-13(16)18/h2-3,6H,4-5H2,1H3,(H,15,18)/b9-7-. The molecule has 1 N–H and O–H groups in total. The zero-order chi connectivity index (χ0) is 13.6. The summed E-state index contributed by atoms with van der Waals surface area (Å²) in [4.78, 5) is 26.3. The Morgan fingerprint density at radius 2 is 2.21 bits per heavy atom. The lowest BCUT2D eigenvalue weighted by atomic mass is 10.2. The van der Waals surface area contributed by atoms with E-state index in [1.807, 2.05) is 0 Å². The summed E-state index contributed by atoms with van der Waals surface area (Å²) in [6.07, 6.45) is 0.525. The van der Waals surface area contributed by atoms with Crippen molar-refractivity contribution < 1.29 is 9.53 Å². The van der Waals surface area contributed by atoms with E-state index in [1.54, 1.807) is 25.1 Å². The second-order valence-corrected chi connectivity index (χ2v) is 4.81. The van der Waals surface area contributed by atoms with Gasteiger partial charge in [0.05, 0.1) is 23.2 Å². The Kier molecular flexibility index (Phi) is 2.71. The van der Waals surface area contributed by atoms with E-state index in [0.717, 1.165) is 0 Å². The van der Waals surface area contributed by atoms with Crippen molar-refractivity contribution in [3.63, 3.8) is 0 Å². The maximum absolute atomic E-state index is 12.0. The minimum atomic E-state index is -0.354. The van der Waals surface area contributed by atoms with Crippen LogP contribution in [-0.2, 0) is 9.53 Å². The number of esters is 1. The van der Waals surface area contributed by atoms with Crippen LogP contribution in [0.4, 0.5) is 0 Å². The zero-order valence-corrected chi connectivity index (χ0v) is 11.0. The number of allylic oxidation sites excluding steroid dienone is 1. The fourth-order valence-corrected chi connectivity index (χ4v) is 2.49. The number of fused-ring (bicyclic) bond motifs is 1. The molecule has 2 heterocycles. The van der Waals surface area contributed by atoms with Gasteiger partial charge in [-0.05, 0) is 25.1 Å². The maximum atomic E-state index is 12.0. The number of aromatic nitrogens is 2. The van der Waals surface area contributed by atoms with Crippen LogP contribution in [0.15, 0.2) is 28.6 Å². The Balaban J connectivity index is 2.28. The number of aromatic amines is 1. The highest BCUT2D eigenvalue weighted by atomic mass is 35.5. The number of nitrogens with zero attached hydrogens (tertiary/aromatic N) is 1. The third-order valence-corrected chi connectivity index (χ3v) is 3.48. The Hall–Kier alpha value is -2.01. The second kappa shape index (κ2) is 4.28. The smallest absolute Gasteiger partial charge is 0.335 e. The van der Waals surface area contributed by atoms with Gasteiger partial charge in [0.25, 0.3) is 0 Å². The van der Waals surface area contributed by atoms with Crippen molar-refractivity contribution in [3.05, 3.63) is 39.3 Å². The summed E-state index contributed by atoms with van der Waals surface area (Å²) < 4.78 is 6.39. The molecule has 98 valence electrons. The van der Waals surface area contributed by atoms with Crippen LogP contribution >= 0.6 is 11.6 Å². The molecule has 1 saturated heterocycles. The Morgan fingerprint density at radius 1 is 1.42 bits per heavy atom. The third-order valence-electron chi connectivity index (χ3n) is 3.25. The number of H-pyrrole nitrogens is 1. The topological polar surface area (TPSA) is 64.1 Å². The van der Waals surface area contributed by atoms with Crippen molar-refractivity contribution in [2.24, 2.45) is 0 Å². The van der Waals surface area contributed by atoms with Crippen LogP contribution in [0.5, 0.6) is 0 Å². The summed E-state index contributed by atoms with van der Waals surface area (Å²) in [6.45, 7) is 2.11. The van der Waals surface area contributed by atoms with Crippen LogP contribution in [0.2, 0.25) is 5.02 Å². The number of cyclic esters (lactones) is 1. The summed E-state index contributed by atoms with van der Waals surface area (Å²) in [5.41, 5.74) is 2.18. The quantitative estimate of drug-likeness (QED) is 0.642. The van der Waals surface area contributed by atoms with E-state index in [1.165, 1.54) is 4.57 Å². The van der Waals surface area contributed by atoms with E-state index in [9.17, 15) is 9.59 Å². The highest BCUT2D eigenvalue weighted by Crippen LogP contribution is 2.24. The zero-order valence-electron chi connectivity index (χ0n) is 10.2. The first-order valence-electron chi connectivity index (χ1n) is 5.85. The fraction of sp³-hybridized carbons (Fsp3) is 0.231. The molecule has 19 heavy (non-hydrogen) atoms. The molecule has 0 atom stereocenters. The van der Waals surface area contributed by atoms with Gasteiger partial charge < -0.3 is 9.72 Å². The molecule has 1 fully saturated rings. The molecule has 3 rings (SSSR count). The minimum absolute atomic E-state index is 0.290. The summed E-state index contributed by atoms with van der Waals surface area (Å²) in [7, 11) is 0. The van der Waals surface area contributed by atoms with Crippen molar-refractivity contribution in [3.8, 4) is 0 Å². The fourth-order valence-electron chi connectivity index (χ4n) is 2.32. The molecule has 0 bridgehead atoms. The number of hydrogen-bond donors (Lipinski definition) is 1. The third kappa shape index (κ3) is 1.86. The lowest BCUT2D eigenvalue weighted by Crippen LogP contribution is -2.16. The predicted octanol–water partition coefficient (Wildman–Crippen LogP) is 2.16. The van der Waals surface area contributed by atoms with Gasteiger partial charge in [-0.15, -0.1) is 0 Å². The lowest BCUT2D eigenvalue weighted by molar-refractivity contribution is -0.135. The van der Waals surface area contributed by atoms with Gasteiger partial charge in [-0.2, -0.15) is 0 Å². The maximum Gasteiger partial charge on any atom is 0.335 e. The average molecular weight is 279 g/mol. The van der Waals surface area contributed by atoms with E-state index in [2.05, 4.69) is 4.98 Å². The van der Waals surface area contributed by atoms with Crippen molar-refractivity contribution in [2.75, 3.05) is 6.61 Å². The van der Waals surface area contributed by atoms with Crippen LogP contribution < -0.4 is 5.69 Å². The molecule has 0 unspecified atom stereocenters. The van der Waals surface area contributed by atoms with Crippen molar-refractivity contribution in [1.29, 1.82) is 0 Å². The summed E-state index contributed by atoms with van der Waals surface area (Å²) in [5.74, 6) is -0.354. The molecule has 1 aromatic carbocycles. The summed E-state index contributed by atoms with van der Waals surface area (Å²) >= 11 is 5.89. The first-order chi connectivity index (χ1) is 9.08. The highest BCUT2D eigenvalue weighted by Gasteiger charge is 2.23. The van der Waals surface area contributed by atoms with Gasteiger partial charge >= 0.3 is 11.7 Å². The van der Waals surface area contributed by atoms with Gasteiger partial charge in [0.2, 0.25) is 0 Å². The van der Waals surface area contributed by atoms with Crippen LogP contribution in [0, 0.1) is 0 Å². The van der Waals surface area contributed by atoms with Gasteiger partial charge in [0.15, 0.2) is 0 Å². The number of ether oxygens (including phenoxy) is 1. The summed E-state index contributed by atoms with van der Waals surface area (Å²) in [5, 5.41) is 0.548. The second-order valence-electron chi connectivity index (χ2n) is 4.38. The van der Waals surface area contributed by atoms with Gasteiger partial charge in [-0.1, -0.05) is 11.6 Å². The van der Waals surface area contributed by atoms with Crippen LogP contribution in [0.1, 0.15) is 13.3 Å². The molecule has 5 nitrogen and oxygen atoms in total. The average Bonchev–Trinajstić information content (AvgIpc) is 2.90. The number of nitrogens with one attached hydrogen (secondary N) is 1. The molecule has 0 spiro atoms. The molecule has 1 aromatic heterocycles. The number of carbonyl (C=O) groups excluding carboxylic acids is 1. The van der Waals surface area contributed by atoms with Gasteiger partial charge in [-0.25, -0.2) is 9.59 Å². The molecule has 1 aliphatic rings. The van der Waals surface area contributed by atoms with Crippen LogP contribution in [0.3, 0.4) is 0 Å². The molecule has 0 aliphatic carbocycles. The highest BCUT2D eigenvalue weighted by molar-refractivity contribution is 6.31. The van der Waals surface area contributed by atoms with E-state index in [0.29, 0.717) is 40.4 Å². The van der Waals surface area contributed by atoms with Crippen LogP contribution in [0.25, 0.3) is 16.7 Å². The Bertz CT molecular complexity index is 770. The lowest BCUT2D eigenvalue weighted by Gasteiger charge is -2.05. The van der Waals surface area contributed by atoms with Crippen molar-refractivity contribution >= 4 is 34.3 Å². The Labute approximate surface area is 113 Å². The monoisotopic (exact) mass is 278 g/mol. The molecule has 0 saturated carbocycles. The largest absolute Gasteiger partial charge is 0.462 e. The number of halogens is 1. The first kappa shape index (κ1) is 12.0. The molecule has 6 heteroatoms. The molecule has 2 aromatic rings. The minimum Gasteiger partial charge on any atom is -0.462 e. The molecule has 0 radical (unpaired) electrons. The predicted molar refractivity (Wildman–Crippen MR) is 72.0 cm³/mol. The number of carbonyl (C=O) groups is 1. The number of imidazole rings is 1. The molecular formula is C13H11ClN2O3. The Morgan fingerprint density at radius 3 is 2.89 bits per heavy atom. The van der Waals surface area contributed by atoms with Gasteiger partial charge in [-0.3, -0.25) is 4.57 Å². The van der Waals surface area contributed by atoms with Gasteiger partial charge in [0, 0.05) is 17.1 Å². The molecular weight excluding hydrogens is 268 g/mol. The molecule has 1 aliphatic heterocycles. The number of rotatable bonds is 1. The van der Waals surface area contributed by atoms with Crippen molar-refractivity contribution in [1.82, 2.24) is 9.55 Å². The SMILES string of the molecule is C/C(=C1\CCOC1=O)n1c(=O)[nH]c2cc(Cl)ccc21. The number of benzene rings is 1. The molecule has 0 amide bonds. The van der Waals surface area contributed by atoms with E-state index < -0.39 is 0 Å². The van der Waals surface area contributed by atoms with Crippen molar-refractivity contribution in [2.45, 2.75) is 13.3 Å². The van der Waals surface area contributed by atoms with Gasteiger partial charge in [0.1, 0.15) is 0 Å². The van der Waals surface area contributed by atoms with Crippen LogP contribution in [-0.4, -0.2) is 22.1 Å². The number of hydrogen-bond acceptors (Lipinski definition) is 3.